The number of fused-ring (bicyclic) bond motifs is 1. The van der Waals surface area contributed by atoms with E-state index in [2.05, 4.69) is 0 Å². The lowest BCUT2D eigenvalue weighted by Crippen LogP contribution is -2.42. The summed E-state index contributed by atoms with van der Waals surface area (Å²) in [4.78, 5) is 40.7. The second-order valence-corrected chi connectivity index (χ2v) is 6.47. The number of imide groups is 1. The summed E-state index contributed by atoms with van der Waals surface area (Å²) in [6.45, 7) is 1.66. The maximum absolute atomic E-state index is 12.0. The van der Waals surface area contributed by atoms with Crippen LogP contribution in [0.1, 0.15) is 40.5 Å². The van der Waals surface area contributed by atoms with E-state index in [0.29, 0.717) is 6.42 Å². The Hall–Kier alpha value is -2.26. The van der Waals surface area contributed by atoms with Crippen molar-refractivity contribution in [3.8, 4) is 0 Å². The molecule has 0 fully saturated rings. The van der Waals surface area contributed by atoms with Crippen LogP contribution in [0.25, 0.3) is 0 Å². The van der Waals surface area contributed by atoms with E-state index in [1.54, 1.807) is 19.1 Å². The second-order valence-electron chi connectivity index (χ2n) is 4.73. The highest BCUT2D eigenvalue weighted by atomic mass is 32.2. The molecular formula is C13H14N2O6S. The minimum atomic E-state index is -4.19. The first-order chi connectivity index (χ1) is 10.3. The molecule has 0 bridgehead atoms. The van der Waals surface area contributed by atoms with Gasteiger partial charge in [-0.3, -0.25) is 9.59 Å². The Labute approximate surface area is 126 Å². The zero-order valence-electron chi connectivity index (χ0n) is 11.7. The fourth-order valence-corrected chi connectivity index (χ4v) is 2.95. The predicted molar refractivity (Wildman–Crippen MR) is 74.8 cm³/mol. The van der Waals surface area contributed by atoms with E-state index in [9.17, 15) is 22.8 Å². The maximum atomic E-state index is 12.0. The van der Waals surface area contributed by atoms with Crippen molar-refractivity contribution < 1.29 is 27.6 Å². The van der Waals surface area contributed by atoms with Crippen molar-refractivity contribution in [2.45, 2.75) is 25.0 Å². The minimum Gasteiger partial charge on any atom is -0.328 e. The molecule has 1 aromatic carbocycles. The molecule has 2 N–H and O–H groups in total. The van der Waals surface area contributed by atoms with E-state index in [1.807, 2.05) is 0 Å². The van der Waals surface area contributed by atoms with Gasteiger partial charge in [0.15, 0.2) is 5.25 Å². The molecule has 118 valence electrons. The Kier molecular flexibility index (Phi) is 4.29. The van der Waals surface area contributed by atoms with E-state index in [4.69, 9.17) is 9.98 Å². The summed E-state index contributed by atoms with van der Waals surface area (Å²) in [6.07, 6.45) is 0.291. The number of amides is 2. The summed E-state index contributed by atoms with van der Waals surface area (Å²) in [6, 6.07) is 5.93. The topological polar surface area (TPSA) is 124 Å². The van der Waals surface area contributed by atoms with Gasteiger partial charge in [0.2, 0.25) is 10.0 Å². The van der Waals surface area contributed by atoms with E-state index in [-0.39, 0.29) is 22.6 Å². The summed E-state index contributed by atoms with van der Waals surface area (Å²) in [7, 11) is -4.19. The van der Waals surface area contributed by atoms with Crippen LogP contribution in [0.2, 0.25) is 0 Å². The van der Waals surface area contributed by atoms with Gasteiger partial charge in [-0.05, 0) is 18.6 Å². The van der Waals surface area contributed by atoms with Gasteiger partial charge in [0.05, 0.1) is 11.1 Å². The van der Waals surface area contributed by atoms with Crippen molar-refractivity contribution in [2.75, 3.05) is 0 Å². The molecule has 1 heterocycles. The molecule has 0 spiro atoms. The first-order valence-corrected chi connectivity index (χ1v) is 8.09. The van der Waals surface area contributed by atoms with Crippen molar-refractivity contribution >= 4 is 27.8 Å². The molecule has 0 aliphatic carbocycles. The second kappa shape index (κ2) is 5.85. The van der Waals surface area contributed by atoms with Crippen LogP contribution in [0, 0.1) is 0 Å². The van der Waals surface area contributed by atoms with E-state index < -0.39 is 33.1 Å². The zero-order valence-corrected chi connectivity index (χ0v) is 12.5. The van der Waals surface area contributed by atoms with Crippen LogP contribution in [-0.2, 0) is 19.7 Å². The Morgan fingerprint density at radius 3 is 2.14 bits per heavy atom. The van der Waals surface area contributed by atoms with Crippen molar-refractivity contribution in [3.05, 3.63) is 35.4 Å². The largest absolute Gasteiger partial charge is 0.352 e. The molecule has 0 saturated carbocycles. The maximum Gasteiger partial charge on any atom is 0.352 e. The zero-order chi connectivity index (χ0) is 16.5. The van der Waals surface area contributed by atoms with Crippen LogP contribution in [0.3, 0.4) is 0 Å². The van der Waals surface area contributed by atoms with Gasteiger partial charge in [-0.15, -0.1) is 0 Å². The summed E-state index contributed by atoms with van der Waals surface area (Å²) < 4.78 is 22.8. The average Bonchev–Trinajstić information content (AvgIpc) is 2.69. The fourth-order valence-electron chi connectivity index (χ4n) is 2.08. The van der Waals surface area contributed by atoms with Gasteiger partial charge in [-0.2, -0.15) is 0 Å². The SMILES string of the molecule is CCCC(C(=O)ON1C(=O)c2ccccc2C1=O)S(N)(=O)=O. The molecule has 1 aliphatic heterocycles. The molecule has 9 heteroatoms. The van der Waals surface area contributed by atoms with Crippen LogP contribution in [0.4, 0.5) is 0 Å². The van der Waals surface area contributed by atoms with Crippen LogP contribution >= 0.6 is 0 Å². The third kappa shape index (κ3) is 2.85. The van der Waals surface area contributed by atoms with E-state index in [1.165, 1.54) is 12.1 Å². The number of sulfonamides is 1. The molecule has 1 unspecified atom stereocenters. The van der Waals surface area contributed by atoms with Crippen LogP contribution in [0.5, 0.6) is 0 Å². The summed E-state index contributed by atoms with van der Waals surface area (Å²) in [5.41, 5.74) is 0.172. The highest BCUT2D eigenvalue weighted by Crippen LogP contribution is 2.23. The molecule has 1 atom stereocenters. The number of primary sulfonamides is 1. The number of hydrogen-bond donors (Lipinski definition) is 1. The summed E-state index contributed by atoms with van der Waals surface area (Å²) in [5.74, 6) is -2.89. The smallest absolute Gasteiger partial charge is 0.328 e. The Morgan fingerprint density at radius 1 is 1.23 bits per heavy atom. The molecule has 1 aromatic rings. The van der Waals surface area contributed by atoms with Crippen molar-refractivity contribution in [1.82, 2.24) is 5.06 Å². The van der Waals surface area contributed by atoms with Gasteiger partial charge >= 0.3 is 5.97 Å². The number of nitrogens with zero attached hydrogens (tertiary/aromatic N) is 1. The van der Waals surface area contributed by atoms with Crippen LogP contribution < -0.4 is 5.14 Å². The quantitative estimate of drug-likeness (QED) is 0.771. The number of rotatable bonds is 5. The minimum absolute atomic E-state index is 0.0686. The molecule has 2 amide bonds. The highest BCUT2D eigenvalue weighted by molar-refractivity contribution is 7.90. The lowest BCUT2D eigenvalue weighted by atomic mass is 10.1. The number of hydroxylamine groups is 2. The molecule has 0 saturated heterocycles. The molecule has 0 radical (unpaired) electrons. The van der Waals surface area contributed by atoms with Crippen LogP contribution in [0.15, 0.2) is 24.3 Å². The summed E-state index contributed by atoms with van der Waals surface area (Å²) >= 11 is 0. The predicted octanol–water partition coefficient (Wildman–Crippen LogP) is 0.198. The van der Waals surface area contributed by atoms with E-state index >= 15 is 0 Å². The number of carbonyl (C=O) groups excluding carboxylic acids is 3. The highest BCUT2D eigenvalue weighted by Gasteiger charge is 2.41. The Morgan fingerprint density at radius 2 is 1.73 bits per heavy atom. The fraction of sp³-hybridized carbons (Fsp3) is 0.308. The Balaban J connectivity index is 2.23. The van der Waals surface area contributed by atoms with Crippen molar-refractivity contribution in [1.29, 1.82) is 0 Å². The number of nitrogens with two attached hydrogens (primary N) is 1. The lowest BCUT2D eigenvalue weighted by molar-refractivity contribution is -0.168. The van der Waals surface area contributed by atoms with Gasteiger partial charge in [-0.1, -0.05) is 30.5 Å². The Bertz CT molecular complexity index is 708. The van der Waals surface area contributed by atoms with Crippen LogP contribution in [-0.4, -0.2) is 36.5 Å². The van der Waals surface area contributed by atoms with Gasteiger partial charge in [0.25, 0.3) is 11.8 Å². The van der Waals surface area contributed by atoms with Gasteiger partial charge in [0.1, 0.15) is 0 Å². The van der Waals surface area contributed by atoms with Gasteiger partial charge < -0.3 is 4.84 Å². The number of carbonyl (C=O) groups is 3. The molecule has 22 heavy (non-hydrogen) atoms. The van der Waals surface area contributed by atoms with E-state index in [0.717, 1.165) is 0 Å². The molecule has 2 rings (SSSR count). The third-order valence-corrected chi connectivity index (χ3v) is 4.37. The molecule has 8 nitrogen and oxygen atoms in total. The normalized spacial score (nSPS) is 15.6. The summed E-state index contributed by atoms with van der Waals surface area (Å²) in [5, 5.41) is 3.62. The molecule has 1 aliphatic rings. The molecular weight excluding hydrogens is 312 g/mol. The lowest BCUT2D eigenvalue weighted by Gasteiger charge is -2.17. The van der Waals surface area contributed by atoms with Gasteiger partial charge in [-0.25, -0.2) is 18.4 Å². The number of hydrogen-bond acceptors (Lipinski definition) is 6. The third-order valence-electron chi connectivity index (χ3n) is 3.15. The van der Waals surface area contributed by atoms with Crippen molar-refractivity contribution in [3.63, 3.8) is 0 Å². The number of benzene rings is 1. The first-order valence-electron chi connectivity index (χ1n) is 6.48. The first kappa shape index (κ1) is 16.1. The monoisotopic (exact) mass is 326 g/mol. The molecule has 0 aromatic heterocycles. The van der Waals surface area contributed by atoms with Crippen molar-refractivity contribution in [2.24, 2.45) is 5.14 Å². The standard InChI is InChI=1S/C13H14N2O6S/c1-2-5-10(22(14,19)20)13(18)21-15-11(16)8-6-3-4-7-9(8)12(15)17/h3-4,6-7,10H,2,5H2,1H3,(H2,14,19,20). The van der Waals surface area contributed by atoms with Gasteiger partial charge in [0, 0.05) is 0 Å². The average molecular weight is 326 g/mol.